The number of amides is 1. The van der Waals surface area contributed by atoms with Crippen molar-refractivity contribution in [1.29, 1.82) is 0 Å². The molecule has 1 aliphatic heterocycles. The second-order valence-corrected chi connectivity index (χ2v) is 6.95. The number of carbonyl (C=O) groups excluding carboxylic acids is 1. The first-order valence-electron chi connectivity index (χ1n) is 7.96. The fourth-order valence-corrected chi connectivity index (χ4v) is 3.84. The number of aromatic hydroxyl groups is 1. The van der Waals surface area contributed by atoms with Crippen LogP contribution in [0.3, 0.4) is 0 Å². The van der Waals surface area contributed by atoms with Crippen LogP contribution in [-0.2, 0) is 4.79 Å². The van der Waals surface area contributed by atoms with Crippen LogP contribution in [0.1, 0.15) is 37.1 Å². The first-order chi connectivity index (χ1) is 11.5. The maximum atomic E-state index is 12.2. The number of hydroxylamine groups is 2. The molecular weight excluding hydrogens is 326 g/mol. The van der Waals surface area contributed by atoms with E-state index in [0.717, 1.165) is 27.6 Å². The van der Waals surface area contributed by atoms with Crippen molar-refractivity contribution in [1.82, 2.24) is 15.4 Å². The summed E-state index contributed by atoms with van der Waals surface area (Å²) in [5.41, 5.74) is 4.27. The standard InChI is InChI=1S/C17H21N3O3S/c1-10(19-17(22)14-4-3-7-20(14)23)13-6-5-12(8-15(13)21)16-11(2)18-9-24-16/h5-6,8-10,14,21,23H,3-4,7H2,1-2H3,(H,19,22)/t10-,14?/m0/s1. The zero-order valence-corrected chi connectivity index (χ0v) is 14.5. The topological polar surface area (TPSA) is 85.7 Å². The van der Waals surface area contributed by atoms with E-state index in [0.29, 0.717) is 18.5 Å². The number of rotatable bonds is 4. The predicted molar refractivity (Wildman–Crippen MR) is 92.0 cm³/mol. The van der Waals surface area contributed by atoms with E-state index >= 15 is 0 Å². The molecule has 0 radical (unpaired) electrons. The molecule has 1 saturated heterocycles. The fourth-order valence-electron chi connectivity index (χ4n) is 3.04. The number of aryl methyl sites for hydroxylation is 1. The fraction of sp³-hybridized carbons (Fsp3) is 0.412. The Balaban J connectivity index is 1.74. The van der Waals surface area contributed by atoms with Gasteiger partial charge in [0.1, 0.15) is 11.8 Å². The van der Waals surface area contributed by atoms with E-state index < -0.39 is 6.04 Å². The molecule has 6 nitrogen and oxygen atoms in total. The number of benzene rings is 1. The quantitative estimate of drug-likeness (QED) is 0.792. The van der Waals surface area contributed by atoms with Gasteiger partial charge in [0.25, 0.3) is 0 Å². The van der Waals surface area contributed by atoms with Crippen LogP contribution in [0.15, 0.2) is 23.7 Å². The molecule has 2 atom stereocenters. The van der Waals surface area contributed by atoms with Crippen LogP contribution in [0.5, 0.6) is 5.75 Å². The van der Waals surface area contributed by atoms with Gasteiger partial charge in [-0.25, -0.2) is 4.98 Å². The van der Waals surface area contributed by atoms with E-state index in [1.165, 1.54) is 11.3 Å². The van der Waals surface area contributed by atoms with Crippen LogP contribution in [0.25, 0.3) is 10.4 Å². The van der Waals surface area contributed by atoms with Gasteiger partial charge in [-0.15, -0.1) is 11.3 Å². The lowest BCUT2D eigenvalue weighted by Crippen LogP contribution is -2.42. The van der Waals surface area contributed by atoms with Crippen molar-refractivity contribution in [2.75, 3.05) is 6.54 Å². The summed E-state index contributed by atoms with van der Waals surface area (Å²) in [7, 11) is 0. The molecule has 7 heteroatoms. The molecule has 1 aromatic heterocycles. The molecule has 1 unspecified atom stereocenters. The lowest BCUT2D eigenvalue weighted by atomic mass is 10.0. The van der Waals surface area contributed by atoms with Gasteiger partial charge in [0, 0.05) is 12.1 Å². The largest absolute Gasteiger partial charge is 0.508 e. The molecular formula is C17H21N3O3S. The highest BCUT2D eigenvalue weighted by molar-refractivity contribution is 7.13. The Morgan fingerprint density at radius 1 is 1.50 bits per heavy atom. The number of nitrogens with one attached hydrogen (secondary N) is 1. The number of hydrogen-bond acceptors (Lipinski definition) is 6. The molecule has 3 N–H and O–H groups in total. The van der Waals surface area contributed by atoms with Gasteiger partial charge in [-0.05, 0) is 38.3 Å². The summed E-state index contributed by atoms with van der Waals surface area (Å²) < 4.78 is 0. The Morgan fingerprint density at radius 2 is 2.29 bits per heavy atom. The molecule has 1 aliphatic rings. The number of phenolic OH excluding ortho intramolecular Hbond substituents is 1. The SMILES string of the molecule is Cc1ncsc1-c1ccc([C@H](C)NC(=O)C2CCCN2O)c(O)c1. The highest BCUT2D eigenvalue weighted by Crippen LogP contribution is 2.33. The number of carbonyl (C=O) groups is 1. The molecule has 2 aromatic rings. The number of thiazole rings is 1. The molecule has 0 spiro atoms. The van der Waals surface area contributed by atoms with E-state index in [1.807, 2.05) is 26.0 Å². The van der Waals surface area contributed by atoms with E-state index in [1.54, 1.807) is 11.6 Å². The van der Waals surface area contributed by atoms with Gasteiger partial charge in [-0.1, -0.05) is 12.1 Å². The summed E-state index contributed by atoms with van der Waals surface area (Å²) in [6.45, 7) is 4.27. The number of phenols is 1. The van der Waals surface area contributed by atoms with Crippen molar-refractivity contribution in [2.45, 2.75) is 38.8 Å². The van der Waals surface area contributed by atoms with Gasteiger partial charge in [0.2, 0.25) is 5.91 Å². The van der Waals surface area contributed by atoms with Crippen LogP contribution in [-0.4, -0.2) is 38.9 Å². The van der Waals surface area contributed by atoms with E-state index in [2.05, 4.69) is 10.3 Å². The minimum atomic E-state index is -0.506. The van der Waals surface area contributed by atoms with Crippen LogP contribution in [0.4, 0.5) is 0 Å². The average molecular weight is 347 g/mol. The Hall–Kier alpha value is -1.96. The molecule has 0 bridgehead atoms. The Morgan fingerprint density at radius 3 is 2.88 bits per heavy atom. The van der Waals surface area contributed by atoms with Crippen LogP contribution >= 0.6 is 11.3 Å². The Bertz CT molecular complexity index is 746. The molecule has 0 aliphatic carbocycles. The van der Waals surface area contributed by atoms with Gasteiger partial charge in [-0.3, -0.25) is 4.79 Å². The maximum Gasteiger partial charge on any atom is 0.240 e. The first-order valence-corrected chi connectivity index (χ1v) is 8.84. The molecule has 1 amide bonds. The average Bonchev–Trinajstić information content (AvgIpc) is 3.15. The van der Waals surface area contributed by atoms with E-state index in [9.17, 15) is 15.1 Å². The third-order valence-corrected chi connectivity index (χ3v) is 5.37. The Kier molecular flexibility index (Phi) is 4.84. The summed E-state index contributed by atoms with van der Waals surface area (Å²) in [4.78, 5) is 17.5. The second kappa shape index (κ2) is 6.88. The van der Waals surface area contributed by atoms with E-state index in [4.69, 9.17) is 0 Å². The predicted octanol–water partition coefficient (Wildman–Crippen LogP) is 2.85. The minimum absolute atomic E-state index is 0.139. The Labute approximate surface area is 144 Å². The van der Waals surface area contributed by atoms with Crippen molar-refractivity contribution in [3.05, 3.63) is 35.0 Å². The lowest BCUT2D eigenvalue weighted by molar-refractivity contribution is -0.146. The van der Waals surface area contributed by atoms with Crippen LogP contribution < -0.4 is 5.32 Å². The van der Waals surface area contributed by atoms with Gasteiger partial charge in [-0.2, -0.15) is 5.06 Å². The highest BCUT2D eigenvalue weighted by atomic mass is 32.1. The maximum absolute atomic E-state index is 12.2. The van der Waals surface area contributed by atoms with Crippen molar-refractivity contribution < 1.29 is 15.1 Å². The van der Waals surface area contributed by atoms with Crippen LogP contribution in [0, 0.1) is 6.92 Å². The van der Waals surface area contributed by atoms with Crippen molar-refractivity contribution in [2.24, 2.45) is 0 Å². The van der Waals surface area contributed by atoms with Crippen molar-refractivity contribution >= 4 is 17.2 Å². The summed E-state index contributed by atoms with van der Waals surface area (Å²) in [6, 6.07) is 4.59. The summed E-state index contributed by atoms with van der Waals surface area (Å²) in [5, 5.41) is 24.0. The highest BCUT2D eigenvalue weighted by Gasteiger charge is 2.30. The summed E-state index contributed by atoms with van der Waals surface area (Å²) in [5.74, 6) is -0.0790. The molecule has 0 saturated carbocycles. The third-order valence-electron chi connectivity index (χ3n) is 4.39. The lowest BCUT2D eigenvalue weighted by Gasteiger charge is -2.21. The zero-order valence-electron chi connectivity index (χ0n) is 13.7. The first kappa shape index (κ1) is 16.9. The van der Waals surface area contributed by atoms with Gasteiger partial charge < -0.3 is 15.6 Å². The van der Waals surface area contributed by atoms with Gasteiger partial charge >= 0.3 is 0 Å². The second-order valence-electron chi connectivity index (χ2n) is 6.09. The molecule has 1 aromatic carbocycles. The monoisotopic (exact) mass is 347 g/mol. The summed E-state index contributed by atoms with van der Waals surface area (Å²) in [6.07, 6.45) is 1.45. The van der Waals surface area contributed by atoms with Crippen molar-refractivity contribution in [3.8, 4) is 16.2 Å². The molecule has 128 valence electrons. The number of nitrogens with zero attached hydrogens (tertiary/aromatic N) is 2. The molecule has 2 heterocycles. The third kappa shape index (κ3) is 3.28. The molecule has 3 rings (SSSR count). The van der Waals surface area contributed by atoms with Crippen LogP contribution in [0.2, 0.25) is 0 Å². The van der Waals surface area contributed by atoms with Gasteiger partial charge in [0.15, 0.2) is 0 Å². The normalized spacial score (nSPS) is 19.4. The number of hydrogen-bond donors (Lipinski definition) is 3. The number of aromatic nitrogens is 1. The van der Waals surface area contributed by atoms with E-state index in [-0.39, 0.29) is 17.7 Å². The smallest absolute Gasteiger partial charge is 0.240 e. The zero-order chi connectivity index (χ0) is 17.3. The molecule has 1 fully saturated rings. The molecule has 24 heavy (non-hydrogen) atoms. The minimum Gasteiger partial charge on any atom is -0.508 e. The summed E-state index contributed by atoms with van der Waals surface area (Å²) >= 11 is 1.53. The van der Waals surface area contributed by atoms with Crippen molar-refractivity contribution in [3.63, 3.8) is 0 Å². The van der Waals surface area contributed by atoms with Gasteiger partial charge in [0.05, 0.1) is 22.1 Å².